The summed E-state index contributed by atoms with van der Waals surface area (Å²) in [7, 11) is 1.63. The molecule has 2 aromatic rings. The van der Waals surface area contributed by atoms with E-state index in [1.54, 1.807) is 13.2 Å². The number of alkyl halides is 1. The van der Waals surface area contributed by atoms with Crippen molar-refractivity contribution in [2.75, 3.05) is 20.3 Å². The lowest BCUT2D eigenvalue weighted by atomic mass is 9.82. The monoisotopic (exact) mass is 402 g/mol. The van der Waals surface area contributed by atoms with Crippen LogP contribution in [-0.2, 0) is 4.79 Å². The summed E-state index contributed by atoms with van der Waals surface area (Å²) in [5.74, 6) is -0.119. The van der Waals surface area contributed by atoms with Crippen molar-refractivity contribution < 1.29 is 24.2 Å². The highest BCUT2D eigenvalue weighted by atomic mass is 19.1. The second-order valence-electron chi connectivity index (χ2n) is 7.11. The highest BCUT2D eigenvalue weighted by molar-refractivity contribution is 5.86. The lowest BCUT2D eigenvalue weighted by molar-refractivity contribution is -0.148. The molecule has 2 atom stereocenters. The molecule has 2 aromatic carbocycles. The molecule has 0 spiro atoms. The minimum absolute atomic E-state index is 0.181. The highest BCUT2D eigenvalue weighted by Gasteiger charge is 2.49. The number of ether oxygens (including phenoxy) is 1. The number of amides is 1. The summed E-state index contributed by atoms with van der Waals surface area (Å²) in [6, 6.07) is 15.7. The Bertz CT molecular complexity index is 835. The van der Waals surface area contributed by atoms with Gasteiger partial charge in [-0.1, -0.05) is 48.6 Å². The van der Waals surface area contributed by atoms with Crippen LogP contribution < -0.4 is 15.5 Å². The molecule has 0 aliphatic heterocycles. The van der Waals surface area contributed by atoms with Crippen LogP contribution in [-0.4, -0.2) is 47.7 Å². The third-order valence-corrected chi connectivity index (χ3v) is 5.11. The van der Waals surface area contributed by atoms with Gasteiger partial charge in [-0.2, -0.15) is 0 Å². The van der Waals surface area contributed by atoms with E-state index < -0.39 is 23.7 Å². The molecule has 0 saturated carbocycles. The molecule has 7 heteroatoms. The number of carbonyl (C=O) groups is 1. The van der Waals surface area contributed by atoms with Crippen molar-refractivity contribution in [1.29, 1.82) is 0 Å². The third kappa shape index (κ3) is 5.20. The number of aliphatic hydroxyl groups is 1. The number of hydrogen-bond acceptors (Lipinski definition) is 5. The number of hydrogen-bond donors (Lipinski definition) is 4. The number of benzene rings is 2. The standard InChI is InChI=1S/C22H27FN2O4/c1-21(27,15-23)22(2,20(26)25-28)24-14-4-5-16-6-8-17(9-7-16)18-10-12-19(29-3)13-11-18/h4-13,24,27-28H,14-15H2,1-3H3,(H,25,26)/b5-4+/t21-,22-/m1/s1. The van der Waals surface area contributed by atoms with E-state index in [9.17, 15) is 14.3 Å². The second-order valence-corrected chi connectivity index (χ2v) is 7.11. The molecule has 156 valence electrons. The molecule has 0 aromatic heterocycles. The molecule has 29 heavy (non-hydrogen) atoms. The zero-order valence-corrected chi connectivity index (χ0v) is 16.8. The van der Waals surface area contributed by atoms with E-state index in [0.29, 0.717) is 0 Å². The molecule has 0 bridgehead atoms. The van der Waals surface area contributed by atoms with Crippen molar-refractivity contribution in [2.24, 2.45) is 0 Å². The van der Waals surface area contributed by atoms with Crippen LogP contribution in [0.1, 0.15) is 19.4 Å². The zero-order chi connectivity index (χ0) is 21.5. The maximum atomic E-state index is 13.2. The van der Waals surface area contributed by atoms with E-state index in [1.807, 2.05) is 54.6 Å². The van der Waals surface area contributed by atoms with Crippen LogP contribution in [0.15, 0.2) is 54.6 Å². The van der Waals surface area contributed by atoms with Gasteiger partial charge in [0.1, 0.15) is 23.6 Å². The quantitative estimate of drug-likeness (QED) is 0.382. The van der Waals surface area contributed by atoms with Crippen LogP contribution in [0.3, 0.4) is 0 Å². The average Bonchev–Trinajstić information content (AvgIpc) is 2.76. The van der Waals surface area contributed by atoms with Gasteiger partial charge in [0.25, 0.3) is 5.91 Å². The second kappa shape index (κ2) is 9.65. The average molecular weight is 402 g/mol. The van der Waals surface area contributed by atoms with E-state index in [0.717, 1.165) is 22.4 Å². The Morgan fingerprint density at radius 3 is 2.14 bits per heavy atom. The maximum absolute atomic E-state index is 13.2. The molecule has 0 fully saturated rings. The first-order valence-electron chi connectivity index (χ1n) is 9.16. The van der Waals surface area contributed by atoms with Crippen LogP contribution in [0.2, 0.25) is 0 Å². The van der Waals surface area contributed by atoms with Crippen molar-refractivity contribution in [2.45, 2.75) is 25.0 Å². The van der Waals surface area contributed by atoms with Crippen LogP contribution in [0.4, 0.5) is 4.39 Å². The lowest BCUT2D eigenvalue weighted by Gasteiger charge is -2.39. The van der Waals surface area contributed by atoms with E-state index in [4.69, 9.17) is 9.94 Å². The number of carbonyl (C=O) groups excluding carboxylic acids is 1. The van der Waals surface area contributed by atoms with Gasteiger partial charge >= 0.3 is 0 Å². The molecule has 4 N–H and O–H groups in total. The van der Waals surface area contributed by atoms with Gasteiger partial charge in [0.2, 0.25) is 0 Å². The molecule has 0 radical (unpaired) electrons. The van der Waals surface area contributed by atoms with Crippen LogP contribution in [0, 0.1) is 0 Å². The summed E-state index contributed by atoms with van der Waals surface area (Å²) in [6.07, 6.45) is 3.59. The summed E-state index contributed by atoms with van der Waals surface area (Å²) in [6.45, 7) is 1.55. The Morgan fingerprint density at radius 2 is 1.66 bits per heavy atom. The summed E-state index contributed by atoms with van der Waals surface area (Å²) in [5.41, 5.74) is 0.847. The van der Waals surface area contributed by atoms with Crippen LogP contribution >= 0.6 is 0 Å². The van der Waals surface area contributed by atoms with Gasteiger partial charge in [0.05, 0.1) is 7.11 Å². The molecule has 0 aliphatic carbocycles. The summed E-state index contributed by atoms with van der Waals surface area (Å²) < 4.78 is 18.3. The van der Waals surface area contributed by atoms with Gasteiger partial charge in [0, 0.05) is 6.54 Å². The lowest BCUT2D eigenvalue weighted by Crippen LogP contribution is -2.68. The zero-order valence-electron chi connectivity index (χ0n) is 16.8. The largest absolute Gasteiger partial charge is 0.497 e. The third-order valence-electron chi connectivity index (χ3n) is 5.11. The fraction of sp³-hybridized carbons (Fsp3) is 0.318. The Kier molecular flexibility index (Phi) is 7.50. The van der Waals surface area contributed by atoms with Crippen molar-refractivity contribution in [3.8, 4) is 16.9 Å². The van der Waals surface area contributed by atoms with Gasteiger partial charge in [-0.15, -0.1) is 0 Å². The van der Waals surface area contributed by atoms with Crippen LogP contribution in [0.25, 0.3) is 17.2 Å². The first kappa shape index (κ1) is 22.5. The predicted octanol–water partition coefficient (Wildman–Crippen LogP) is 2.95. The van der Waals surface area contributed by atoms with Gasteiger partial charge in [-0.05, 0) is 42.7 Å². The number of halogens is 1. The van der Waals surface area contributed by atoms with Crippen molar-refractivity contribution >= 4 is 12.0 Å². The summed E-state index contributed by atoms with van der Waals surface area (Å²) in [4.78, 5) is 11.9. The van der Waals surface area contributed by atoms with Crippen molar-refractivity contribution in [3.05, 3.63) is 60.2 Å². The molecule has 0 aliphatic rings. The van der Waals surface area contributed by atoms with E-state index in [1.165, 1.54) is 19.3 Å². The van der Waals surface area contributed by atoms with Gasteiger partial charge < -0.3 is 9.84 Å². The van der Waals surface area contributed by atoms with Crippen molar-refractivity contribution in [3.63, 3.8) is 0 Å². The number of methoxy groups -OCH3 is 1. The van der Waals surface area contributed by atoms with Crippen LogP contribution in [0.5, 0.6) is 5.75 Å². The Labute approximate surface area is 170 Å². The van der Waals surface area contributed by atoms with E-state index >= 15 is 0 Å². The fourth-order valence-electron chi connectivity index (χ4n) is 2.79. The highest BCUT2D eigenvalue weighted by Crippen LogP contribution is 2.24. The molecule has 2 rings (SSSR count). The summed E-state index contributed by atoms with van der Waals surface area (Å²) >= 11 is 0. The molecule has 1 amide bonds. The number of hydroxylamine groups is 1. The minimum atomic E-state index is -1.99. The van der Waals surface area contributed by atoms with Gasteiger partial charge in [-0.3, -0.25) is 15.3 Å². The molecular formula is C22H27FN2O4. The SMILES string of the molecule is COc1ccc(-c2ccc(/C=C/CN[C@](C)(C(=O)NO)[C@](C)(O)CF)cc2)cc1. The smallest absolute Gasteiger partial charge is 0.266 e. The maximum Gasteiger partial charge on any atom is 0.266 e. The first-order chi connectivity index (χ1) is 13.8. The Balaban J connectivity index is 2.03. The number of nitrogens with one attached hydrogen (secondary N) is 2. The molecule has 0 heterocycles. The van der Waals surface area contributed by atoms with E-state index in [-0.39, 0.29) is 6.54 Å². The normalized spacial score (nSPS) is 15.5. The van der Waals surface area contributed by atoms with Gasteiger partial charge in [-0.25, -0.2) is 9.87 Å². The first-order valence-corrected chi connectivity index (χ1v) is 9.16. The molecule has 0 saturated heterocycles. The Hall–Kier alpha value is -2.74. The minimum Gasteiger partial charge on any atom is -0.497 e. The topological polar surface area (TPSA) is 90.8 Å². The predicted molar refractivity (Wildman–Crippen MR) is 110 cm³/mol. The molecule has 0 unspecified atom stereocenters. The van der Waals surface area contributed by atoms with Gasteiger partial charge in [0.15, 0.2) is 0 Å². The Morgan fingerprint density at radius 1 is 1.10 bits per heavy atom. The fourth-order valence-corrected chi connectivity index (χ4v) is 2.79. The number of rotatable bonds is 9. The van der Waals surface area contributed by atoms with Crippen molar-refractivity contribution in [1.82, 2.24) is 10.8 Å². The molecular weight excluding hydrogens is 375 g/mol. The van der Waals surface area contributed by atoms with E-state index in [2.05, 4.69) is 5.32 Å². The molecule has 6 nitrogen and oxygen atoms in total. The summed E-state index contributed by atoms with van der Waals surface area (Å²) in [5, 5.41) is 21.9.